The van der Waals surface area contributed by atoms with Crippen LogP contribution in [0.2, 0.25) is 0 Å². The number of nitrogens with two attached hydrogens (primary N) is 1. The third kappa shape index (κ3) is 4.61. The highest BCUT2D eigenvalue weighted by Crippen LogP contribution is 2.13. The van der Waals surface area contributed by atoms with Gasteiger partial charge in [-0.2, -0.15) is 0 Å². The first-order valence-corrected chi connectivity index (χ1v) is 6.93. The van der Waals surface area contributed by atoms with Crippen molar-refractivity contribution in [3.8, 4) is 5.75 Å². The minimum absolute atomic E-state index is 0.00585. The van der Waals surface area contributed by atoms with E-state index in [0.29, 0.717) is 19.4 Å². The predicted molar refractivity (Wildman–Crippen MR) is 84.3 cm³/mol. The molecule has 2 aromatic carbocycles. The summed E-state index contributed by atoms with van der Waals surface area (Å²) in [5, 5.41) is 2.88. The van der Waals surface area contributed by atoms with Gasteiger partial charge >= 0.3 is 0 Å². The van der Waals surface area contributed by atoms with E-state index in [-0.39, 0.29) is 5.91 Å². The molecule has 4 nitrogen and oxygen atoms in total. The van der Waals surface area contributed by atoms with Gasteiger partial charge in [0.15, 0.2) is 0 Å². The minimum atomic E-state index is 0.00585. The van der Waals surface area contributed by atoms with Gasteiger partial charge in [-0.05, 0) is 41.8 Å². The van der Waals surface area contributed by atoms with Crippen LogP contribution < -0.4 is 15.8 Å². The Hall–Kier alpha value is -2.33. The number of methoxy groups -OCH3 is 1. The van der Waals surface area contributed by atoms with Crippen LogP contribution in [0.1, 0.15) is 17.5 Å². The average molecular weight is 284 g/mol. The van der Waals surface area contributed by atoms with Gasteiger partial charge < -0.3 is 15.8 Å². The largest absolute Gasteiger partial charge is 0.497 e. The number of ether oxygens (including phenoxy) is 1. The number of aryl methyl sites for hydroxylation is 1. The summed E-state index contributed by atoms with van der Waals surface area (Å²) in [6.07, 6.45) is 1.15. The zero-order valence-electron chi connectivity index (χ0n) is 12.1. The standard InChI is InChI=1S/C17H20N2O2/c1-21-16-9-4-13(5-10-16)6-11-17(20)19-15-7-2-14(12-18)3-8-15/h2-5,7-10H,6,11-12,18H2,1H3,(H,19,20). The van der Waals surface area contributed by atoms with Crippen LogP contribution in [0.25, 0.3) is 0 Å². The van der Waals surface area contributed by atoms with Gasteiger partial charge in [-0.1, -0.05) is 24.3 Å². The molecule has 0 spiro atoms. The van der Waals surface area contributed by atoms with Crippen LogP contribution in [-0.2, 0) is 17.8 Å². The number of nitrogens with one attached hydrogen (secondary N) is 1. The molecule has 0 atom stereocenters. The third-order valence-corrected chi connectivity index (χ3v) is 3.27. The quantitative estimate of drug-likeness (QED) is 0.857. The average Bonchev–Trinajstić information content (AvgIpc) is 2.54. The maximum Gasteiger partial charge on any atom is 0.224 e. The summed E-state index contributed by atoms with van der Waals surface area (Å²) in [7, 11) is 1.64. The summed E-state index contributed by atoms with van der Waals surface area (Å²) in [6, 6.07) is 15.3. The predicted octanol–water partition coefficient (Wildman–Crippen LogP) is 2.73. The third-order valence-electron chi connectivity index (χ3n) is 3.27. The van der Waals surface area contributed by atoms with Gasteiger partial charge in [0.05, 0.1) is 7.11 Å². The number of amides is 1. The molecule has 110 valence electrons. The van der Waals surface area contributed by atoms with E-state index >= 15 is 0 Å². The lowest BCUT2D eigenvalue weighted by molar-refractivity contribution is -0.116. The van der Waals surface area contributed by atoms with Crippen LogP contribution in [0.4, 0.5) is 5.69 Å². The van der Waals surface area contributed by atoms with Gasteiger partial charge in [0.25, 0.3) is 0 Å². The molecule has 0 unspecified atom stereocenters. The topological polar surface area (TPSA) is 64.3 Å². The summed E-state index contributed by atoms with van der Waals surface area (Å²) >= 11 is 0. The van der Waals surface area contributed by atoms with Crippen molar-refractivity contribution in [2.45, 2.75) is 19.4 Å². The van der Waals surface area contributed by atoms with E-state index in [2.05, 4.69) is 5.32 Å². The lowest BCUT2D eigenvalue weighted by Crippen LogP contribution is -2.12. The number of rotatable bonds is 6. The highest BCUT2D eigenvalue weighted by Gasteiger charge is 2.03. The number of carbonyl (C=O) groups excluding carboxylic acids is 1. The van der Waals surface area contributed by atoms with Crippen molar-refractivity contribution in [1.29, 1.82) is 0 Å². The number of hydrogen-bond acceptors (Lipinski definition) is 3. The Morgan fingerprint density at radius 2 is 1.67 bits per heavy atom. The van der Waals surface area contributed by atoms with Crippen molar-refractivity contribution in [2.24, 2.45) is 5.73 Å². The number of hydrogen-bond donors (Lipinski definition) is 2. The van der Waals surface area contributed by atoms with Crippen LogP contribution in [0.3, 0.4) is 0 Å². The van der Waals surface area contributed by atoms with Crippen LogP contribution in [0.5, 0.6) is 5.75 Å². The molecule has 0 aliphatic carbocycles. The molecule has 0 aromatic heterocycles. The zero-order chi connectivity index (χ0) is 15.1. The summed E-state index contributed by atoms with van der Waals surface area (Å²) in [5.41, 5.74) is 8.50. The Balaban J connectivity index is 1.83. The van der Waals surface area contributed by atoms with Crippen LogP contribution in [-0.4, -0.2) is 13.0 Å². The van der Waals surface area contributed by atoms with E-state index in [4.69, 9.17) is 10.5 Å². The normalized spacial score (nSPS) is 10.2. The number of benzene rings is 2. The molecule has 2 aromatic rings. The molecule has 0 radical (unpaired) electrons. The monoisotopic (exact) mass is 284 g/mol. The van der Waals surface area contributed by atoms with E-state index in [1.807, 2.05) is 48.5 Å². The maximum absolute atomic E-state index is 11.9. The summed E-state index contributed by atoms with van der Waals surface area (Å²) in [6.45, 7) is 0.506. The molecule has 0 aliphatic rings. The molecule has 0 fully saturated rings. The van der Waals surface area contributed by atoms with E-state index in [9.17, 15) is 4.79 Å². The van der Waals surface area contributed by atoms with Crippen LogP contribution >= 0.6 is 0 Å². The fourth-order valence-electron chi connectivity index (χ4n) is 2.00. The molecule has 1 amide bonds. The van der Waals surface area contributed by atoms with Gasteiger partial charge in [0, 0.05) is 18.7 Å². The Morgan fingerprint density at radius 1 is 1.05 bits per heavy atom. The molecular formula is C17H20N2O2. The Morgan fingerprint density at radius 3 is 2.24 bits per heavy atom. The number of anilines is 1. The van der Waals surface area contributed by atoms with Gasteiger partial charge in [0.1, 0.15) is 5.75 Å². The summed E-state index contributed by atoms with van der Waals surface area (Å²) in [5.74, 6) is 0.828. The van der Waals surface area contributed by atoms with Crippen molar-refractivity contribution in [2.75, 3.05) is 12.4 Å². The van der Waals surface area contributed by atoms with Crippen molar-refractivity contribution in [1.82, 2.24) is 0 Å². The highest BCUT2D eigenvalue weighted by molar-refractivity contribution is 5.90. The van der Waals surface area contributed by atoms with E-state index in [1.54, 1.807) is 7.11 Å². The van der Waals surface area contributed by atoms with Crippen LogP contribution in [0.15, 0.2) is 48.5 Å². The zero-order valence-corrected chi connectivity index (χ0v) is 12.1. The Kier molecular flexibility index (Phi) is 5.35. The lowest BCUT2D eigenvalue weighted by atomic mass is 10.1. The number of carbonyl (C=O) groups is 1. The summed E-state index contributed by atoms with van der Waals surface area (Å²) in [4.78, 5) is 11.9. The SMILES string of the molecule is COc1ccc(CCC(=O)Nc2ccc(CN)cc2)cc1. The van der Waals surface area contributed by atoms with Crippen molar-refractivity contribution in [3.05, 3.63) is 59.7 Å². The van der Waals surface area contributed by atoms with Crippen molar-refractivity contribution in [3.63, 3.8) is 0 Å². The second-order valence-corrected chi connectivity index (χ2v) is 4.80. The van der Waals surface area contributed by atoms with Crippen molar-refractivity contribution < 1.29 is 9.53 Å². The van der Waals surface area contributed by atoms with Gasteiger partial charge in [0.2, 0.25) is 5.91 Å². The molecule has 3 N–H and O–H groups in total. The molecule has 0 aliphatic heterocycles. The molecular weight excluding hydrogens is 264 g/mol. The van der Waals surface area contributed by atoms with Crippen LogP contribution in [0, 0.1) is 0 Å². The second kappa shape index (κ2) is 7.45. The van der Waals surface area contributed by atoms with E-state index < -0.39 is 0 Å². The fraction of sp³-hybridized carbons (Fsp3) is 0.235. The summed E-state index contributed by atoms with van der Waals surface area (Å²) < 4.78 is 5.10. The van der Waals surface area contributed by atoms with Gasteiger partial charge in [-0.15, -0.1) is 0 Å². The lowest BCUT2D eigenvalue weighted by Gasteiger charge is -2.06. The van der Waals surface area contributed by atoms with E-state index in [0.717, 1.165) is 22.6 Å². The first-order chi connectivity index (χ1) is 10.2. The van der Waals surface area contributed by atoms with Gasteiger partial charge in [-0.25, -0.2) is 0 Å². The highest BCUT2D eigenvalue weighted by atomic mass is 16.5. The maximum atomic E-state index is 11.9. The molecule has 2 rings (SSSR count). The minimum Gasteiger partial charge on any atom is -0.497 e. The van der Waals surface area contributed by atoms with Crippen molar-refractivity contribution >= 4 is 11.6 Å². The fourth-order valence-corrected chi connectivity index (χ4v) is 2.00. The molecule has 0 heterocycles. The second-order valence-electron chi connectivity index (χ2n) is 4.80. The molecule has 0 saturated heterocycles. The smallest absolute Gasteiger partial charge is 0.224 e. The van der Waals surface area contributed by atoms with Gasteiger partial charge in [-0.3, -0.25) is 4.79 Å². The first-order valence-electron chi connectivity index (χ1n) is 6.93. The Bertz CT molecular complexity index is 577. The molecule has 21 heavy (non-hydrogen) atoms. The molecule has 4 heteroatoms. The van der Waals surface area contributed by atoms with E-state index in [1.165, 1.54) is 0 Å². The first kappa shape index (κ1) is 15.1. The Labute approximate surface area is 124 Å². The molecule has 0 saturated carbocycles. The molecule has 0 bridgehead atoms.